The summed E-state index contributed by atoms with van der Waals surface area (Å²) >= 11 is 0. The Morgan fingerprint density at radius 3 is 2.52 bits per heavy atom. The highest BCUT2D eigenvalue weighted by Gasteiger charge is 2.34. The third kappa shape index (κ3) is 4.33. The molecule has 1 saturated heterocycles. The van der Waals surface area contributed by atoms with Crippen LogP contribution in [0.4, 0.5) is 0 Å². The van der Waals surface area contributed by atoms with Gasteiger partial charge in [-0.2, -0.15) is 0 Å². The maximum absolute atomic E-state index is 13.0. The minimum Gasteiger partial charge on any atom is -0.456 e. The summed E-state index contributed by atoms with van der Waals surface area (Å²) in [6.07, 6.45) is 2.14. The summed E-state index contributed by atoms with van der Waals surface area (Å²) in [7, 11) is 0. The van der Waals surface area contributed by atoms with Gasteiger partial charge in [-0.05, 0) is 49.8 Å². The molecule has 8 heteroatoms. The quantitative estimate of drug-likeness (QED) is 0.784. The molecule has 0 aromatic carbocycles. The fourth-order valence-electron chi connectivity index (χ4n) is 4.40. The van der Waals surface area contributed by atoms with E-state index in [0.717, 1.165) is 0 Å². The van der Waals surface area contributed by atoms with E-state index in [1.54, 1.807) is 24.0 Å². The summed E-state index contributed by atoms with van der Waals surface area (Å²) in [6.45, 7) is 6.58. The number of aromatic nitrogens is 1. The molecule has 2 N–H and O–H groups in total. The number of fused-ring (bicyclic) bond motifs is 1. The van der Waals surface area contributed by atoms with Crippen molar-refractivity contribution in [2.45, 2.75) is 52.5 Å². The van der Waals surface area contributed by atoms with Gasteiger partial charge in [-0.25, -0.2) is 0 Å². The van der Waals surface area contributed by atoms with Crippen molar-refractivity contribution in [1.82, 2.24) is 15.2 Å². The van der Waals surface area contributed by atoms with Gasteiger partial charge in [-0.3, -0.25) is 19.2 Å². The number of Topliss-reactive ketones (excluding diaryl/α,β-unsaturated/α-hetero) is 1. The first-order valence-corrected chi connectivity index (χ1v) is 10.6. The highest BCUT2D eigenvalue weighted by atomic mass is 16.3. The average molecular weight is 425 g/mol. The topological polar surface area (TPSA) is 112 Å². The first-order valence-electron chi connectivity index (χ1n) is 10.6. The number of furan rings is 1. The van der Waals surface area contributed by atoms with Crippen molar-refractivity contribution in [2.24, 2.45) is 5.41 Å². The Bertz CT molecular complexity index is 1100. The van der Waals surface area contributed by atoms with Crippen molar-refractivity contribution >= 4 is 17.6 Å². The molecule has 31 heavy (non-hydrogen) atoms. The van der Waals surface area contributed by atoms with Gasteiger partial charge in [0.15, 0.2) is 11.5 Å². The fourth-order valence-corrected chi connectivity index (χ4v) is 4.40. The minimum absolute atomic E-state index is 0.000326. The number of aromatic amines is 1. The van der Waals surface area contributed by atoms with Crippen LogP contribution in [0.15, 0.2) is 27.4 Å². The number of hydrogen-bond acceptors (Lipinski definition) is 5. The standard InChI is InChI=1S/C23H27N3O5/c1-13-4-5-19(31-13)21(29)24-14-6-8-26(9-7-14)22(30)16-10-15-17(25-20(16)28)11-23(2,3)12-18(15)27/h4-5,10,14H,6-9,11-12H2,1-3H3,(H,24,29)(H,25,28). The van der Waals surface area contributed by atoms with Crippen LogP contribution in [-0.2, 0) is 6.42 Å². The Balaban J connectivity index is 1.42. The zero-order valence-electron chi connectivity index (χ0n) is 18.0. The largest absolute Gasteiger partial charge is 0.456 e. The van der Waals surface area contributed by atoms with Gasteiger partial charge in [0.05, 0.1) is 0 Å². The molecule has 164 valence electrons. The molecule has 8 nitrogen and oxygen atoms in total. The molecule has 0 radical (unpaired) electrons. The number of aryl methyl sites for hydroxylation is 1. The van der Waals surface area contributed by atoms with E-state index in [1.807, 2.05) is 13.8 Å². The van der Waals surface area contributed by atoms with Crippen LogP contribution in [0.5, 0.6) is 0 Å². The van der Waals surface area contributed by atoms with Crippen LogP contribution in [0.1, 0.15) is 75.8 Å². The van der Waals surface area contributed by atoms with Crippen LogP contribution in [0.2, 0.25) is 0 Å². The van der Waals surface area contributed by atoms with Gasteiger partial charge in [0.25, 0.3) is 17.4 Å². The highest BCUT2D eigenvalue weighted by Crippen LogP contribution is 2.33. The van der Waals surface area contributed by atoms with Crippen molar-refractivity contribution in [3.8, 4) is 0 Å². The van der Waals surface area contributed by atoms with Crippen LogP contribution in [0.3, 0.4) is 0 Å². The number of nitrogens with zero attached hydrogens (tertiary/aromatic N) is 1. The number of nitrogens with one attached hydrogen (secondary N) is 2. The van der Waals surface area contributed by atoms with Crippen LogP contribution >= 0.6 is 0 Å². The molecule has 1 aliphatic heterocycles. The summed E-state index contributed by atoms with van der Waals surface area (Å²) in [5.41, 5.74) is 0.382. The van der Waals surface area contributed by atoms with Gasteiger partial charge in [0, 0.05) is 36.8 Å². The molecule has 0 saturated carbocycles. The van der Waals surface area contributed by atoms with Crippen LogP contribution in [0.25, 0.3) is 0 Å². The van der Waals surface area contributed by atoms with Gasteiger partial charge in [0.1, 0.15) is 11.3 Å². The number of carbonyl (C=O) groups is 3. The number of piperidine rings is 1. The number of hydrogen-bond donors (Lipinski definition) is 2. The molecular weight excluding hydrogens is 398 g/mol. The van der Waals surface area contributed by atoms with E-state index >= 15 is 0 Å². The lowest BCUT2D eigenvalue weighted by atomic mass is 9.75. The normalized spacial score (nSPS) is 18.5. The zero-order valence-corrected chi connectivity index (χ0v) is 18.0. The van der Waals surface area contributed by atoms with E-state index in [0.29, 0.717) is 55.8 Å². The molecule has 2 aliphatic rings. The number of H-pyrrole nitrogens is 1. The Kier molecular flexibility index (Phi) is 5.33. The molecule has 1 aliphatic carbocycles. The summed E-state index contributed by atoms with van der Waals surface area (Å²) in [6, 6.07) is 4.75. The average Bonchev–Trinajstić information content (AvgIpc) is 3.13. The second-order valence-electron chi connectivity index (χ2n) is 9.30. The number of pyridine rings is 1. The summed E-state index contributed by atoms with van der Waals surface area (Å²) in [4.78, 5) is 54.7. The Hall–Kier alpha value is -3.16. The fraction of sp³-hybridized carbons (Fsp3) is 0.478. The van der Waals surface area contributed by atoms with Crippen LogP contribution in [0, 0.1) is 12.3 Å². The third-order valence-corrected chi connectivity index (χ3v) is 6.03. The monoisotopic (exact) mass is 425 g/mol. The number of rotatable bonds is 3. The molecule has 2 aromatic heterocycles. The lowest BCUT2D eigenvalue weighted by Crippen LogP contribution is -2.47. The molecular formula is C23H27N3O5. The van der Waals surface area contributed by atoms with Gasteiger partial charge in [-0.1, -0.05) is 13.8 Å². The summed E-state index contributed by atoms with van der Waals surface area (Å²) in [5, 5.41) is 2.93. The SMILES string of the molecule is Cc1ccc(C(=O)NC2CCN(C(=O)c3cc4c([nH]c3=O)CC(C)(C)CC4=O)CC2)o1. The number of carbonyl (C=O) groups excluding carboxylic acids is 3. The molecule has 0 bridgehead atoms. The molecule has 1 fully saturated rings. The minimum atomic E-state index is -0.460. The van der Waals surface area contributed by atoms with E-state index in [1.165, 1.54) is 6.07 Å². The van der Waals surface area contributed by atoms with E-state index in [9.17, 15) is 19.2 Å². The Morgan fingerprint density at radius 1 is 1.16 bits per heavy atom. The first-order chi connectivity index (χ1) is 14.6. The van der Waals surface area contributed by atoms with Gasteiger partial charge < -0.3 is 19.6 Å². The highest BCUT2D eigenvalue weighted by molar-refractivity contribution is 6.02. The van der Waals surface area contributed by atoms with Gasteiger partial charge in [0.2, 0.25) is 0 Å². The van der Waals surface area contributed by atoms with Crippen molar-refractivity contribution in [2.75, 3.05) is 13.1 Å². The maximum atomic E-state index is 13.0. The molecule has 2 aromatic rings. The number of ketones is 1. The number of likely N-dealkylation sites (tertiary alicyclic amines) is 1. The number of amides is 2. The maximum Gasteiger partial charge on any atom is 0.287 e. The molecule has 2 amide bonds. The second-order valence-corrected chi connectivity index (χ2v) is 9.30. The Morgan fingerprint density at radius 2 is 1.87 bits per heavy atom. The van der Waals surface area contributed by atoms with Gasteiger partial charge in [-0.15, -0.1) is 0 Å². The van der Waals surface area contributed by atoms with Crippen molar-refractivity contribution in [3.63, 3.8) is 0 Å². The predicted octanol–water partition coefficient (Wildman–Crippen LogP) is 2.47. The smallest absolute Gasteiger partial charge is 0.287 e. The van der Waals surface area contributed by atoms with E-state index in [-0.39, 0.29) is 40.4 Å². The summed E-state index contributed by atoms with van der Waals surface area (Å²) < 4.78 is 5.34. The van der Waals surface area contributed by atoms with Crippen molar-refractivity contribution < 1.29 is 18.8 Å². The van der Waals surface area contributed by atoms with E-state index < -0.39 is 5.56 Å². The molecule has 0 spiro atoms. The van der Waals surface area contributed by atoms with Crippen molar-refractivity contribution in [3.05, 3.63) is 56.9 Å². The van der Waals surface area contributed by atoms with E-state index in [2.05, 4.69) is 10.3 Å². The zero-order chi connectivity index (χ0) is 22.3. The van der Waals surface area contributed by atoms with Gasteiger partial charge >= 0.3 is 0 Å². The first kappa shape index (κ1) is 21.1. The molecule has 0 atom stereocenters. The lowest BCUT2D eigenvalue weighted by Gasteiger charge is -2.33. The molecule has 4 rings (SSSR count). The Labute approximate surface area is 180 Å². The second kappa shape index (κ2) is 7.83. The third-order valence-electron chi connectivity index (χ3n) is 6.03. The molecule has 3 heterocycles. The lowest BCUT2D eigenvalue weighted by molar-refractivity contribution is 0.0694. The van der Waals surface area contributed by atoms with Crippen LogP contribution in [-0.4, -0.2) is 46.6 Å². The molecule has 0 unspecified atom stereocenters. The van der Waals surface area contributed by atoms with Crippen molar-refractivity contribution in [1.29, 1.82) is 0 Å². The van der Waals surface area contributed by atoms with Crippen LogP contribution < -0.4 is 10.9 Å². The van der Waals surface area contributed by atoms with E-state index in [4.69, 9.17) is 4.42 Å². The summed E-state index contributed by atoms with van der Waals surface area (Å²) in [5.74, 6) is 0.233. The predicted molar refractivity (Wildman–Crippen MR) is 113 cm³/mol.